The minimum atomic E-state index is -3.89. The molecular formula is C17H18F2N2O3S. The Morgan fingerprint density at radius 3 is 1.92 bits per heavy atom. The SMILES string of the molecule is CN(Cc1ccc(F)cc1)C(=O)CN(C)S(=O)(=O)c1ccc(F)cc1. The molecule has 0 aliphatic rings. The van der Waals surface area contributed by atoms with Crippen LogP contribution in [0.25, 0.3) is 0 Å². The highest BCUT2D eigenvalue weighted by molar-refractivity contribution is 7.89. The lowest BCUT2D eigenvalue weighted by molar-refractivity contribution is -0.130. The monoisotopic (exact) mass is 368 g/mol. The fourth-order valence-electron chi connectivity index (χ4n) is 2.13. The fourth-order valence-corrected chi connectivity index (χ4v) is 3.25. The highest BCUT2D eigenvalue weighted by Gasteiger charge is 2.24. The van der Waals surface area contributed by atoms with Crippen LogP contribution in [0.1, 0.15) is 5.56 Å². The van der Waals surface area contributed by atoms with E-state index in [-0.39, 0.29) is 23.8 Å². The number of likely N-dealkylation sites (N-methyl/N-ethyl adjacent to an activating group) is 2. The number of carbonyl (C=O) groups excluding carboxylic acids is 1. The topological polar surface area (TPSA) is 57.7 Å². The van der Waals surface area contributed by atoms with Crippen molar-refractivity contribution in [3.8, 4) is 0 Å². The predicted octanol–water partition coefficient (Wildman–Crippen LogP) is 2.24. The van der Waals surface area contributed by atoms with E-state index in [0.29, 0.717) is 0 Å². The molecule has 8 heteroatoms. The van der Waals surface area contributed by atoms with Crippen molar-refractivity contribution in [2.75, 3.05) is 20.6 Å². The van der Waals surface area contributed by atoms with Crippen molar-refractivity contribution in [2.24, 2.45) is 0 Å². The van der Waals surface area contributed by atoms with Crippen LogP contribution >= 0.6 is 0 Å². The zero-order valence-corrected chi connectivity index (χ0v) is 14.6. The average Bonchev–Trinajstić information content (AvgIpc) is 2.57. The number of carbonyl (C=O) groups is 1. The molecule has 2 rings (SSSR count). The molecule has 5 nitrogen and oxygen atoms in total. The van der Waals surface area contributed by atoms with E-state index in [0.717, 1.165) is 34.1 Å². The molecular weight excluding hydrogens is 350 g/mol. The quantitative estimate of drug-likeness (QED) is 0.786. The summed E-state index contributed by atoms with van der Waals surface area (Å²) in [6.45, 7) is -0.138. The van der Waals surface area contributed by atoms with Gasteiger partial charge in [-0.25, -0.2) is 17.2 Å². The molecule has 1 amide bonds. The summed E-state index contributed by atoms with van der Waals surface area (Å²) in [5.74, 6) is -1.34. The Morgan fingerprint density at radius 1 is 0.920 bits per heavy atom. The summed E-state index contributed by atoms with van der Waals surface area (Å²) in [7, 11) is -1.08. The number of sulfonamides is 1. The Labute approximate surface area is 145 Å². The molecule has 0 N–H and O–H groups in total. The van der Waals surface area contributed by atoms with E-state index < -0.39 is 21.7 Å². The molecule has 0 aliphatic heterocycles. The zero-order chi connectivity index (χ0) is 18.6. The molecule has 0 spiro atoms. The Hall–Kier alpha value is -2.32. The van der Waals surface area contributed by atoms with Gasteiger partial charge in [-0.05, 0) is 42.0 Å². The number of nitrogens with zero attached hydrogens (tertiary/aromatic N) is 2. The van der Waals surface area contributed by atoms with E-state index >= 15 is 0 Å². The summed E-state index contributed by atoms with van der Waals surface area (Å²) in [4.78, 5) is 13.5. The summed E-state index contributed by atoms with van der Waals surface area (Å²) in [6.07, 6.45) is 0. The number of amides is 1. The lowest BCUT2D eigenvalue weighted by atomic mass is 10.2. The van der Waals surface area contributed by atoms with Gasteiger partial charge in [0.15, 0.2) is 0 Å². The predicted molar refractivity (Wildman–Crippen MR) is 89.1 cm³/mol. The van der Waals surface area contributed by atoms with Crippen molar-refractivity contribution < 1.29 is 22.0 Å². The number of benzene rings is 2. The van der Waals surface area contributed by atoms with Gasteiger partial charge in [0, 0.05) is 20.6 Å². The minimum Gasteiger partial charge on any atom is -0.340 e. The molecule has 25 heavy (non-hydrogen) atoms. The van der Waals surface area contributed by atoms with E-state index in [1.807, 2.05) is 0 Å². The largest absolute Gasteiger partial charge is 0.340 e. The van der Waals surface area contributed by atoms with Crippen LogP contribution in [-0.2, 0) is 21.4 Å². The van der Waals surface area contributed by atoms with Crippen LogP contribution in [0.5, 0.6) is 0 Å². The maximum Gasteiger partial charge on any atom is 0.243 e. The fraction of sp³-hybridized carbons (Fsp3) is 0.235. The average molecular weight is 368 g/mol. The highest BCUT2D eigenvalue weighted by Crippen LogP contribution is 2.15. The first-order valence-electron chi connectivity index (χ1n) is 7.40. The maximum atomic E-state index is 12.9. The molecule has 0 bridgehead atoms. The molecule has 0 heterocycles. The van der Waals surface area contributed by atoms with Crippen molar-refractivity contribution in [3.05, 3.63) is 65.7 Å². The Bertz CT molecular complexity index is 837. The van der Waals surface area contributed by atoms with Gasteiger partial charge in [-0.3, -0.25) is 4.79 Å². The van der Waals surface area contributed by atoms with Gasteiger partial charge >= 0.3 is 0 Å². The van der Waals surface area contributed by atoms with Crippen LogP contribution in [-0.4, -0.2) is 44.2 Å². The van der Waals surface area contributed by atoms with Crippen molar-refractivity contribution in [1.29, 1.82) is 0 Å². The molecule has 0 saturated carbocycles. The molecule has 0 fully saturated rings. The molecule has 0 aliphatic carbocycles. The van der Waals surface area contributed by atoms with Gasteiger partial charge in [-0.2, -0.15) is 4.31 Å². The molecule has 0 unspecified atom stereocenters. The first kappa shape index (κ1) is 19.0. The highest BCUT2D eigenvalue weighted by atomic mass is 32.2. The van der Waals surface area contributed by atoms with Gasteiger partial charge in [0.2, 0.25) is 15.9 Å². The molecule has 134 valence electrons. The molecule has 0 saturated heterocycles. The van der Waals surface area contributed by atoms with Crippen LogP contribution in [0.4, 0.5) is 8.78 Å². The van der Waals surface area contributed by atoms with E-state index in [1.54, 1.807) is 12.1 Å². The molecule has 2 aromatic rings. The van der Waals surface area contributed by atoms with E-state index in [1.165, 1.54) is 31.1 Å². The van der Waals surface area contributed by atoms with Gasteiger partial charge in [-0.1, -0.05) is 12.1 Å². The second-order valence-electron chi connectivity index (χ2n) is 5.59. The zero-order valence-electron chi connectivity index (χ0n) is 13.8. The lowest BCUT2D eigenvalue weighted by Gasteiger charge is -2.22. The van der Waals surface area contributed by atoms with Crippen molar-refractivity contribution in [1.82, 2.24) is 9.21 Å². The number of rotatable bonds is 6. The van der Waals surface area contributed by atoms with Crippen LogP contribution in [0.2, 0.25) is 0 Å². The normalized spacial score (nSPS) is 11.6. The Morgan fingerprint density at radius 2 is 1.40 bits per heavy atom. The Kier molecular flexibility index (Phi) is 5.86. The summed E-state index contributed by atoms with van der Waals surface area (Å²) < 4.78 is 51.5. The van der Waals surface area contributed by atoms with E-state index in [2.05, 4.69) is 0 Å². The van der Waals surface area contributed by atoms with Gasteiger partial charge in [0.25, 0.3) is 0 Å². The summed E-state index contributed by atoms with van der Waals surface area (Å²) in [5.41, 5.74) is 0.723. The summed E-state index contributed by atoms with van der Waals surface area (Å²) in [6, 6.07) is 10.1. The number of hydrogen-bond acceptors (Lipinski definition) is 3. The smallest absolute Gasteiger partial charge is 0.243 e. The standard InChI is InChI=1S/C17H18F2N2O3S/c1-20(11-13-3-5-14(18)6-4-13)17(22)12-21(2)25(23,24)16-9-7-15(19)8-10-16/h3-10H,11-12H2,1-2H3. The van der Waals surface area contributed by atoms with Crippen molar-refractivity contribution in [3.63, 3.8) is 0 Å². The van der Waals surface area contributed by atoms with Crippen molar-refractivity contribution >= 4 is 15.9 Å². The summed E-state index contributed by atoms with van der Waals surface area (Å²) in [5, 5.41) is 0. The third kappa shape index (κ3) is 4.83. The van der Waals surface area contributed by atoms with E-state index in [9.17, 15) is 22.0 Å². The lowest BCUT2D eigenvalue weighted by Crippen LogP contribution is -2.39. The number of halogens is 2. The molecule has 0 atom stereocenters. The van der Waals surface area contributed by atoms with Gasteiger partial charge < -0.3 is 4.90 Å². The minimum absolute atomic E-state index is 0.0922. The first-order chi connectivity index (χ1) is 11.7. The summed E-state index contributed by atoms with van der Waals surface area (Å²) >= 11 is 0. The number of hydrogen-bond donors (Lipinski definition) is 0. The van der Waals surface area contributed by atoms with Gasteiger partial charge in [0.1, 0.15) is 11.6 Å². The van der Waals surface area contributed by atoms with Crippen LogP contribution in [0, 0.1) is 11.6 Å². The Balaban J connectivity index is 2.03. The second-order valence-corrected chi connectivity index (χ2v) is 7.64. The van der Waals surface area contributed by atoms with E-state index in [4.69, 9.17) is 0 Å². The molecule has 0 radical (unpaired) electrons. The first-order valence-corrected chi connectivity index (χ1v) is 8.84. The van der Waals surface area contributed by atoms with Crippen LogP contribution in [0.3, 0.4) is 0 Å². The third-order valence-electron chi connectivity index (χ3n) is 3.64. The molecule has 2 aromatic carbocycles. The van der Waals surface area contributed by atoms with Crippen LogP contribution < -0.4 is 0 Å². The second kappa shape index (κ2) is 7.71. The van der Waals surface area contributed by atoms with Crippen molar-refractivity contribution in [2.45, 2.75) is 11.4 Å². The maximum absolute atomic E-state index is 12.9. The van der Waals surface area contributed by atoms with Gasteiger partial charge in [0.05, 0.1) is 11.4 Å². The van der Waals surface area contributed by atoms with Gasteiger partial charge in [-0.15, -0.1) is 0 Å². The third-order valence-corrected chi connectivity index (χ3v) is 5.46. The van der Waals surface area contributed by atoms with Crippen LogP contribution in [0.15, 0.2) is 53.4 Å². The molecule has 0 aromatic heterocycles.